The molecule has 0 aromatic heterocycles. The van der Waals surface area contributed by atoms with Crippen LogP contribution in [-0.4, -0.2) is 12.8 Å². The Bertz CT molecular complexity index is 368. The predicted octanol–water partition coefficient (Wildman–Crippen LogP) is 1.82. The highest BCUT2D eigenvalue weighted by Gasteiger charge is 2.30. The van der Waals surface area contributed by atoms with Crippen molar-refractivity contribution < 1.29 is 22.8 Å². The minimum Gasteiger partial charge on any atom is -0.278 e. The van der Waals surface area contributed by atoms with Crippen LogP contribution in [0, 0.1) is 0 Å². The summed E-state index contributed by atoms with van der Waals surface area (Å²) in [5.74, 6) is 0. The highest BCUT2D eigenvalue weighted by Crippen LogP contribution is 2.31. The summed E-state index contributed by atoms with van der Waals surface area (Å²) in [6, 6.07) is 3.94. The predicted molar refractivity (Wildman–Crippen MR) is 46.1 cm³/mol. The first kappa shape index (κ1) is 11.2. The summed E-state index contributed by atoms with van der Waals surface area (Å²) in [5.41, 5.74) is -1.02. The Kier molecular flexibility index (Phi) is 3.08. The van der Waals surface area contributed by atoms with Gasteiger partial charge in [-0.15, -0.1) is 0 Å². The molecule has 80 valence electrons. The Hall–Kier alpha value is -1.85. The molecule has 3 nitrogen and oxygen atoms in total. The molecule has 0 saturated carbocycles. The number of benzene rings is 1. The summed E-state index contributed by atoms with van der Waals surface area (Å²) >= 11 is 0. The molecule has 0 fully saturated rings. The van der Waals surface area contributed by atoms with Gasteiger partial charge in [0, 0.05) is 0 Å². The van der Waals surface area contributed by atoms with Crippen LogP contribution in [0.5, 0.6) is 0 Å². The van der Waals surface area contributed by atoms with Crippen molar-refractivity contribution in [2.24, 2.45) is 0 Å². The molecule has 0 aliphatic heterocycles. The van der Waals surface area contributed by atoms with Crippen LogP contribution in [0.3, 0.4) is 0 Å². The van der Waals surface area contributed by atoms with Crippen molar-refractivity contribution in [1.82, 2.24) is 0 Å². The number of carbonyl (C=O) groups excluding carboxylic acids is 2. The van der Waals surface area contributed by atoms with Gasteiger partial charge in [0.25, 0.3) is 0 Å². The van der Waals surface area contributed by atoms with Crippen molar-refractivity contribution in [3.05, 3.63) is 29.8 Å². The van der Waals surface area contributed by atoms with Crippen LogP contribution in [0.15, 0.2) is 24.3 Å². The molecule has 0 radical (unpaired) electrons. The summed E-state index contributed by atoms with van der Waals surface area (Å²) in [7, 11) is 0. The van der Waals surface area contributed by atoms with E-state index in [1.54, 1.807) is 0 Å². The van der Waals surface area contributed by atoms with Crippen molar-refractivity contribution in [3.8, 4) is 0 Å². The van der Waals surface area contributed by atoms with Crippen LogP contribution in [0.4, 0.5) is 18.9 Å². The molecular formula is C9H6F3NO2. The fourth-order valence-corrected chi connectivity index (χ4v) is 0.989. The van der Waals surface area contributed by atoms with Gasteiger partial charge in [-0.05, 0) is 18.2 Å². The van der Waals surface area contributed by atoms with E-state index in [4.69, 9.17) is 0 Å². The largest absolute Gasteiger partial charge is 0.416 e. The van der Waals surface area contributed by atoms with E-state index in [1.807, 2.05) is 0 Å². The van der Waals surface area contributed by atoms with E-state index in [0.717, 1.165) is 18.2 Å². The Morgan fingerprint density at radius 3 is 2.20 bits per heavy atom. The van der Waals surface area contributed by atoms with Gasteiger partial charge in [-0.1, -0.05) is 6.07 Å². The molecule has 1 aromatic rings. The normalized spacial score (nSPS) is 10.9. The molecule has 0 heterocycles. The number of imide groups is 1. The number of carbonyl (C=O) groups is 2. The lowest BCUT2D eigenvalue weighted by atomic mass is 10.2. The second-order valence-electron chi connectivity index (χ2n) is 2.67. The van der Waals surface area contributed by atoms with E-state index >= 15 is 0 Å². The van der Waals surface area contributed by atoms with E-state index in [-0.39, 0.29) is 18.5 Å². The highest BCUT2D eigenvalue weighted by molar-refractivity contribution is 5.95. The quantitative estimate of drug-likeness (QED) is 0.724. The van der Waals surface area contributed by atoms with E-state index in [1.165, 1.54) is 6.07 Å². The summed E-state index contributed by atoms with van der Waals surface area (Å²) in [5, 5.41) is 0. The number of anilines is 1. The number of halogens is 3. The Morgan fingerprint density at radius 2 is 1.73 bits per heavy atom. The zero-order chi connectivity index (χ0) is 11.5. The van der Waals surface area contributed by atoms with Gasteiger partial charge in [-0.3, -0.25) is 14.5 Å². The molecular weight excluding hydrogens is 211 g/mol. The van der Waals surface area contributed by atoms with Crippen LogP contribution < -0.4 is 4.90 Å². The number of hydrogen-bond acceptors (Lipinski definition) is 2. The maximum absolute atomic E-state index is 12.2. The molecule has 0 unspecified atom stereocenters. The van der Waals surface area contributed by atoms with Crippen LogP contribution in [0.2, 0.25) is 0 Å². The minimum absolute atomic E-state index is 0.116. The summed E-state index contributed by atoms with van der Waals surface area (Å²) < 4.78 is 36.7. The third-order valence-corrected chi connectivity index (χ3v) is 1.70. The number of rotatable bonds is 3. The van der Waals surface area contributed by atoms with E-state index < -0.39 is 11.7 Å². The topological polar surface area (TPSA) is 37.4 Å². The van der Waals surface area contributed by atoms with Crippen molar-refractivity contribution in [2.75, 3.05) is 4.90 Å². The molecule has 0 aliphatic rings. The van der Waals surface area contributed by atoms with Gasteiger partial charge in [0.1, 0.15) is 0 Å². The van der Waals surface area contributed by atoms with Gasteiger partial charge in [0.15, 0.2) is 0 Å². The fourth-order valence-electron chi connectivity index (χ4n) is 0.989. The molecule has 15 heavy (non-hydrogen) atoms. The monoisotopic (exact) mass is 217 g/mol. The number of amides is 2. The Labute approximate surface area is 83.1 Å². The van der Waals surface area contributed by atoms with E-state index in [2.05, 4.69) is 0 Å². The highest BCUT2D eigenvalue weighted by atomic mass is 19.4. The fraction of sp³-hybridized carbons (Fsp3) is 0.111. The van der Waals surface area contributed by atoms with Gasteiger partial charge in [0.05, 0.1) is 11.3 Å². The summed E-state index contributed by atoms with van der Waals surface area (Å²) in [6.45, 7) is 0. The number of hydrogen-bond donors (Lipinski definition) is 0. The van der Waals surface area contributed by atoms with Gasteiger partial charge >= 0.3 is 6.18 Å². The maximum atomic E-state index is 12.2. The molecule has 2 amide bonds. The van der Waals surface area contributed by atoms with Crippen molar-refractivity contribution >= 4 is 18.5 Å². The molecule has 0 aliphatic carbocycles. The lowest BCUT2D eigenvalue weighted by Crippen LogP contribution is -2.18. The zero-order valence-electron chi connectivity index (χ0n) is 7.36. The first-order valence-electron chi connectivity index (χ1n) is 3.85. The number of nitrogens with zero attached hydrogens (tertiary/aromatic N) is 1. The van der Waals surface area contributed by atoms with E-state index in [0.29, 0.717) is 4.90 Å². The summed E-state index contributed by atoms with van der Waals surface area (Å²) in [6.07, 6.45) is -4.21. The van der Waals surface area contributed by atoms with Crippen LogP contribution >= 0.6 is 0 Å². The van der Waals surface area contributed by atoms with Crippen molar-refractivity contribution in [1.29, 1.82) is 0 Å². The van der Waals surface area contributed by atoms with Crippen LogP contribution in [0.25, 0.3) is 0 Å². The van der Waals surface area contributed by atoms with Crippen molar-refractivity contribution in [3.63, 3.8) is 0 Å². The minimum atomic E-state index is -4.49. The van der Waals surface area contributed by atoms with Gasteiger partial charge in [-0.2, -0.15) is 13.2 Å². The molecule has 6 heteroatoms. The van der Waals surface area contributed by atoms with Crippen molar-refractivity contribution in [2.45, 2.75) is 6.18 Å². The molecule has 0 atom stereocenters. The zero-order valence-corrected chi connectivity index (χ0v) is 7.36. The summed E-state index contributed by atoms with van der Waals surface area (Å²) in [4.78, 5) is 21.1. The maximum Gasteiger partial charge on any atom is 0.416 e. The second-order valence-corrected chi connectivity index (χ2v) is 2.67. The molecule has 0 N–H and O–H groups in total. The van der Waals surface area contributed by atoms with Gasteiger partial charge in [0.2, 0.25) is 12.8 Å². The first-order valence-corrected chi connectivity index (χ1v) is 3.85. The standard InChI is InChI=1S/C9H6F3NO2/c10-9(11,12)7-2-1-3-8(4-7)13(5-14)6-15/h1-6H. The van der Waals surface area contributed by atoms with Crippen LogP contribution in [-0.2, 0) is 15.8 Å². The lowest BCUT2D eigenvalue weighted by Gasteiger charge is -2.12. The molecule has 0 saturated heterocycles. The molecule has 1 rings (SSSR count). The second kappa shape index (κ2) is 4.12. The Morgan fingerprint density at radius 1 is 1.13 bits per heavy atom. The van der Waals surface area contributed by atoms with Crippen LogP contribution in [0.1, 0.15) is 5.56 Å². The van der Waals surface area contributed by atoms with Gasteiger partial charge < -0.3 is 0 Å². The molecule has 1 aromatic carbocycles. The first-order chi connectivity index (χ1) is 6.99. The SMILES string of the molecule is O=CN(C=O)c1cccc(C(F)(F)F)c1. The number of alkyl halides is 3. The average molecular weight is 217 g/mol. The third-order valence-electron chi connectivity index (χ3n) is 1.70. The van der Waals surface area contributed by atoms with E-state index in [9.17, 15) is 22.8 Å². The lowest BCUT2D eigenvalue weighted by molar-refractivity contribution is -0.137. The smallest absolute Gasteiger partial charge is 0.278 e. The average Bonchev–Trinajstić information content (AvgIpc) is 2.19. The molecule has 0 spiro atoms. The molecule has 0 bridgehead atoms. The Balaban J connectivity index is 3.12. The third kappa shape index (κ3) is 2.55. The van der Waals surface area contributed by atoms with Gasteiger partial charge in [-0.25, -0.2) is 0 Å².